The number of aliphatic hydroxyl groups is 1. The zero-order valence-corrected chi connectivity index (χ0v) is 31.3. The Bertz CT molecular complexity index is 1980. The first-order valence-corrected chi connectivity index (χ1v) is 18.0. The van der Waals surface area contributed by atoms with Gasteiger partial charge in [-0.3, -0.25) is 24.0 Å². The van der Waals surface area contributed by atoms with Gasteiger partial charge in [0, 0.05) is 23.9 Å². The number of carbonyl (C=O) groups is 5. The van der Waals surface area contributed by atoms with Crippen molar-refractivity contribution in [3.05, 3.63) is 94.9 Å². The maximum Gasteiger partial charge on any atom is 0.272 e. The van der Waals surface area contributed by atoms with E-state index in [2.05, 4.69) is 36.7 Å². The zero-order chi connectivity index (χ0) is 39.1. The van der Waals surface area contributed by atoms with Gasteiger partial charge in [-0.15, -0.1) is 0 Å². The number of aryl methyl sites for hydroxylation is 2. The molecular weight excluding hydrogens is 692 g/mol. The van der Waals surface area contributed by atoms with Gasteiger partial charge in [0.25, 0.3) is 5.91 Å². The molecule has 2 aliphatic rings. The van der Waals surface area contributed by atoms with Gasteiger partial charge < -0.3 is 36.4 Å². The fourth-order valence-electron chi connectivity index (χ4n) is 6.18. The second kappa shape index (κ2) is 17.3. The molecule has 0 spiro atoms. The zero-order valence-electron chi connectivity index (χ0n) is 31.3. The molecule has 0 saturated heterocycles. The van der Waals surface area contributed by atoms with Crippen LogP contribution in [-0.4, -0.2) is 92.2 Å². The van der Waals surface area contributed by atoms with Gasteiger partial charge in [0.2, 0.25) is 23.6 Å². The number of aromatic nitrogens is 3. The lowest BCUT2D eigenvalue weighted by Gasteiger charge is -2.29. The highest BCUT2D eigenvalue weighted by atomic mass is 16.5. The maximum atomic E-state index is 13.8. The molecule has 4 aromatic rings. The number of benzene rings is 2. The Morgan fingerprint density at radius 2 is 1.56 bits per heavy atom. The lowest BCUT2D eigenvalue weighted by Crippen LogP contribution is -2.61. The van der Waals surface area contributed by atoms with Crippen LogP contribution in [0.2, 0.25) is 0 Å². The van der Waals surface area contributed by atoms with Crippen LogP contribution >= 0.6 is 0 Å². The molecule has 6 rings (SSSR count). The number of aliphatic hydroxyl groups excluding tert-OH is 1. The van der Waals surface area contributed by atoms with Gasteiger partial charge in [-0.1, -0.05) is 56.3 Å². The molecule has 6 atom stereocenters. The van der Waals surface area contributed by atoms with Crippen molar-refractivity contribution in [1.82, 2.24) is 41.2 Å². The number of carbonyl (C=O) groups excluding carboxylic acids is 5. The van der Waals surface area contributed by atoms with Crippen LogP contribution in [0.15, 0.2) is 66.7 Å². The fraction of sp³-hybridized carbons (Fsp3) is 0.410. The van der Waals surface area contributed by atoms with Crippen LogP contribution in [0.5, 0.6) is 5.75 Å². The Morgan fingerprint density at radius 3 is 2.22 bits per heavy atom. The van der Waals surface area contributed by atoms with Crippen LogP contribution < -0.4 is 31.3 Å². The number of hydrogen-bond donors (Lipinski definition) is 6. The van der Waals surface area contributed by atoms with E-state index in [0.29, 0.717) is 23.4 Å². The lowest BCUT2D eigenvalue weighted by molar-refractivity contribution is -0.136. The predicted molar refractivity (Wildman–Crippen MR) is 199 cm³/mol. The Hall–Kier alpha value is -5.83. The van der Waals surface area contributed by atoms with Gasteiger partial charge in [0.05, 0.1) is 12.1 Å². The van der Waals surface area contributed by atoms with Crippen molar-refractivity contribution in [2.24, 2.45) is 5.92 Å². The standard InChI is InChI=1S/C39H48N8O7/c1-21(2)33-38(52)42-28(17-26-10-8-7-9-11-26)20-54-29-14-12-27(13-15-29)18-30(36(50)41-24(5)35(49)45-34(25(6)48)39(53)44-33)43-37(51)31-19-32-40-22(3)16-23(4)47(32)46-31/h7-16,19,21,24-25,28,30,33-34,48H,17-18,20H2,1-6H3,(H,41,50)(H,42,52)(H,43,51)(H,44,53)(H,45,49)/t24-,25-,28+,30+,33-,34+/m1/s1. The highest BCUT2D eigenvalue weighted by Crippen LogP contribution is 2.17. The van der Waals surface area contributed by atoms with E-state index in [-0.39, 0.29) is 24.6 Å². The Kier molecular flexibility index (Phi) is 12.6. The minimum Gasteiger partial charge on any atom is -0.491 e. The molecule has 54 heavy (non-hydrogen) atoms. The molecule has 5 amide bonds. The number of hydrogen-bond acceptors (Lipinski definition) is 9. The first kappa shape index (κ1) is 39.4. The number of rotatable bonds is 6. The van der Waals surface area contributed by atoms with E-state index in [1.54, 1.807) is 38.1 Å². The smallest absolute Gasteiger partial charge is 0.272 e. The van der Waals surface area contributed by atoms with E-state index >= 15 is 0 Å². The van der Waals surface area contributed by atoms with Crippen molar-refractivity contribution < 1.29 is 33.8 Å². The molecule has 15 heteroatoms. The second-order valence-electron chi connectivity index (χ2n) is 14.1. The third kappa shape index (κ3) is 9.98. The average Bonchev–Trinajstić information content (AvgIpc) is 3.56. The molecule has 2 aromatic heterocycles. The number of nitrogens with one attached hydrogen (secondary N) is 5. The molecule has 0 radical (unpaired) electrons. The van der Waals surface area contributed by atoms with Gasteiger partial charge in [0.15, 0.2) is 11.3 Å². The van der Waals surface area contributed by atoms with Crippen molar-refractivity contribution in [2.45, 2.75) is 90.7 Å². The maximum absolute atomic E-state index is 13.8. The van der Waals surface area contributed by atoms with E-state index < -0.39 is 65.8 Å². The first-order chi connectivity index (χ1) is 25.7. The van der Waals surface area contributed by atoms with Crippen LogP contribution in [-0.2, 0) is 32.0 Å². The van der Waals surface area contributed by atoms with E-state index in [4.69, 9.17) is 4.74 Å². The van der Waals surface area contributed by atoms with Crippen molar-refractivity contribution in [2.75, 3.05) is 6.61 Å². The van der Waals surface area contributed by atoms with Crippen molar-refractivity contribution in [3.63, 3.8) is 0 Å². The topological polar surface area (TPSA) is 205 Å². The Morgan fingerprint density at radius 1 is 0.889 bits per heavy atom. The quantitative estimate of drug-likeness (QED) is 0.158. The van der Waals surface area contributed by atoms with Gasteiger partial charge >= 0.3 is 0 Å². The molecule has 0 unspecified atom stereocenters. The van der Waals surface area contributed by atoms with Gasteiger partial charge in [-0.2, -0.15) is 5.10 Å². The second-order valence-corrected chi connectivity index (χ2v) is 14.1. The highest BCUT2D eigenvalue weighted by molar-refractivity contribution is 5.98. The molecule has 2 aliphatic heterocycles. The van der Waals surface area contributed by atoms with Crippen molar-refractivity contribution in [3.8, 4) is 5.75 Å². The predicted octanol–water partition coefficient (Wildman–Crippen LogP) is 1.32. The molecule has 0 fully saturated rings. The van der Waals surface area contributed by atoms with Gasteiger partial charge in [-0.05, 0) is 69.4 Å². The summed E-state index contributed by atoms with van der Waals surface area (Å²) in [6.07, 6.45) is -0.879. The molecule has 2 bridgehead atoms. The van der Waals surface area contributed by atoms with E-state index in [9.17, 15) is 29.1 Å². The first-order valence-electron chi connectivity index (χ1n) is 18.0. The minimum atomic E-state index is -1.45. The van der Waals surface area contributed by atoms with Crippen LogP contribution in [0, 0.1) is 19.8 Å². The summed E-state index contributed by atoms with van der Waals surface area (Å²) >= 11 is 0. The average molecular weight is 741 g/mol. The molecule has 6 N–H and O–H groups in total. The van der Waals surface area contributed by atoms with Crippen molar-refractivity contribution >= 4 is 35.2 Å². The Balaban J connectivity index is 1.45. The minimum absolute atomic E-state index is 0.0396. The molecule has 0 saturated carbocycles. The molecule has 4 heterocycles. The summed E-state index contributed by atoms with van der Waals surface area (Å²) in [5.41, 5.74) is 3.69. The van der Waals surface area contributed by atoms with E-state index in [1.165, 1.54) is 24.4 Å². The SMILES string of the molecule is Cc1cc(C)n2nc(C(=O)N[C@H]3Cc4ccc(cc4)OC[C@H](Cc4ccccc4)NC(=O)[C@@H](C(C)C)NC(=O)[C@H]([C@@H](C)O)NC(=O)[C@@H](C)NC3=O)cc2n1. The normalized spacial score (nSPS) is 22.4. The van der Waals surface area contributed by atoms with Crippen molar-refractivity contribution in [1.29, 1.82) is 0 Å². The van der Waals surface area contributed by atoms with E-state index in [0.717, 1.165) is 17.0 Å². The summed E-state index contributed by atoms with van der Waals surface area (Å²) in [5.74, 6) is -3.16. The largest absolute Gasteiger partial charge is 0.491 e. The van der Waals surface area contributed by atoms with Crippen LogP contribution in [0.4, 0.5) is 0 Å². The molecule has 0 aliphatic carbocycles. The van der Waals surface area contributed by atoms with Gasteiger partial charge in [-0.25, -0.2) is 9.50 Å². The fourth-order valence-corrected chi connectivity index (χ4v) is 6.18. The summed E-state index contributed by atoms with van der Waals surface area (Å²) in [4.78, 5) is 72.3. The molecule has 15 nitrogen and oxygen atoms in total. The summed E-state index contributed by atoms with van der Waals surface area (Å²) < 4.78 is 7.67. The summed E-state index contributed by atoms with van der Waals surface area (Å²) in [6.45, 7) is 10.1. The van der Waals surface area contributed by atoms with Gasteiger partial charge in [0.1, 0.15) is 36.5 Å². The number of ether oxygens (including phenoxy) is 1. The summed E-state index contributed by atoms with van der Waals surface area (Å²) in [7, 11) is 0. The van der Waals surface area contributed by atoms with Crippen LogP contribution in [0.25, 0.3) is 5.65 Å². The molecular formula is C39H48N8O7. The Labute approximate surface area is 313 Å². The van der Waals surface area contributed by atoms with Crippen LogP contribution in [0.1, 0.15) is 60.7 Å². The molecule has 286 valence electrons. The van der Waals surface area contributed by atoms with Crippen LogP contribution in [0.3, 0.4) is 0 Å². The number of fused-ring (bicyclic) bond motifs is 18. The lowest BCUT2D eigenvalue weighted by atomic mass is 10.0. The highest BCUT2D eigenvalue weighted by Gasteiger charge is 2.34. The summed E-state index contributed by atoms with van der Waals surface area (Å²) in [5, 5.41) is 28.5. The number of amides is 5. The monoisotopic (exact) mass is 740 g/mol. The summed E-state index contributed by atoms with van der Waals surface area (Å²) in [6, 6.07) is 14.6. The molecule has 2 aromatic carbocycles. The third-order valence-corrected chi connectivity index (χ3v) is 9.14. The third-order valence-electron chi connectivity index (χ3n) is 9.14. The van der Waals surface area contributed by atoms with E-state index in [1.807, 2.05) is 50.2 Å². The number of nitrogens with zero attached hydrogens (tertiary/aromatic N) is 3.